The zero-order valence-electron chi connectivity index (χ0n) is 18.0. The number of benzene rings is 1. The fraction of sp³-hybridized carbons (Fsp3) is 0.360. The summed E-state index contributed by atoms with van der Waals surface area (Å²) in [4.78, 5) is 12.5. The number of pyridine rings is 1. The number of nitrogens with zero attached hydrogens (tertiary/aromatic N) is 4. The van der Waals surface area contributed by atoms with Crippen molar-refractivity contribution in [3.05, 3.63) is 82.9 Å². The van der Waals surface area contributed by atoms with Crippen LogP contribution in [-0.4, -0.2) is 31.4 Å². The van der Waals surface area contributed by atoms with Gasteiger partial charge in [-0.15, -0.1) is 0 Å². The molecule has 2 aliphatic rings. The van der Waals surface area contributed by atoms with Crippen LogP contribution in [0.4, 0.5) is 0 Å². The molecule has 0 aliphatic carbocycles. The van der Waals surface area contributed by atoms with Gasteiger partial charge in [0.2, 0.25) is 0 Å². The molecule has 4 nitrogen and oxygen atoms in total. The van der Waals surface area contributed by atoms with Crippen LogP contribution in [0, 0.1) is 20.8 Å². The normalized spacial score (nSPS) is 23.0. The standard InChI is InChI=1S/C25H28N4S/c1-5-19-15-30-25-27-23(21-13-9-10-14-26-21)24(29(19)25)22-16(2)17(3)28(18(22)4)20-11-7-6-8-12-20/h6-14,19,23-24H,5,15H2,1-4H3/t19-,23+,24+/m1/s1. The number of thioether (sulfide) groups is 1. The van der Waals surface area contributed by atoms with E-state index in [-0.39, 0.29) is 12.1 Å². The molecule has 1 saturated heterocycles. The molecule has 0 radical (unpaired) electrons. The highest BCUT2D eigenvalue weighted by molar-refractivity contribution is 8.14. The van der Waals surface area contributed by atoms with E-state index in [4.69, 9.17) is 9.98 Å². The number of hydrogen-bond donors (Lipinski definition) is 0. The summed E-state index contributed by atoms with van der Waals surface area (Å²) in [6.07, 6.45) is 3.02. The minimum Gasteiger partial charge on any atom is -0.338 e. The zero-order chi connectivity index (χ0) is 20.8. The second-order valence-corrected chi connectivity index (χ2v) is 9.20. The molecule has 5 heteroatoms. The number of aliphatic imine (C=N–C) groups is 1. The maximum absolute atomic E-state index is 5.20. The van der Waals surface area contributed by atoms with Gasteiger partial charge < -0.3 is 9.47 Å². The Kier molecular flexibility index (Phi) is 4.94. The highest BCUT2D eigenvalue weighted by Gasteiger charge is 2.47. The maximum Gasteiger partial charge on any atom is 0.160 e. The summed E-state index contributed by atoms with van der Waals surface area (Å²) in [6.45, 7) is 9.06. The molecule has 0 N–H and O–H groups in total. The smallest absolute Gasteiger partial charge is 0.160 e. The molecule has 3 atom stereocenters. The summed E-state index contributed by atoms with van der Waals surface area (Å²) in [6, 6.07) is 17.6. The van der Waals surface area contributed by atoms with Gasteiger partial charge in [-0.3, -0.25) is 9.98 Å². The van der Waals surface area contributed by atoms with Crippen LogP contribution < -0.4 is 0 Å². The monoisotopic (exact) mass is 416 g/mol. The molecule has 2 aromatic heterocycles. The topological polar surface area (TPSA) is 33.4 Å². The van der Waals surface area contributed by atoms with Crippen LogP contribution in [0.1, 0.15) is 53.6 Å². The van der Waals surface area contributed by atoms with Crippen LogP contribution >= 0.6 is 11.8 Å². The van der Waals surface area contributed by atoms with E-state index in [0.29, 0.717) is 6.04 Å². The molecule has 0 amide bonds. The molecule has 154 valence electrons. The van der Waals surface area contributed by atoms with Crippen molar-refractivity contribution < 1.29 is 0 Å². The number of para-hydroxylation sites is 1. The summed E-state index contributed by atoms with van der Waals surface area (Å²) in [5.41, 5.74) is 7.67. The number of fused-ring (bicyclic) bond motifs is 1. The SMILES string of the molecule is CC[C@@H]1CSC2=N[C@@H](c3ccccn3)[C@H](c3c(C)c(C)n(-c4ccccc4)c3C)N21. The first kappa shape index (κ1) is 19.4. The van der Waals surface area contributed by atoms with E-state index in [9.17, 15) is 0 Å². The average Bonchev–Trinajstić information content (AvgIpc) is 3.41. The van der Waals surface area contributed by atoms with Crippen LogP contribution in [-0.2, 0) is 0 Å². The average molecular weight is 417 g/mol. The summed E-state index contributed by atoms with van der Waals surface area (Å²) in [5, 5.41) is 1.19. The minimum absolute atomic E-state index is 0.0338. The first-order chi connectivity index (χ1) is 14.6. The van der Waals surface area contributed by atoms with Gasteiger partial charge in [0, 0.05) is 40.6 Å². The van der Waals surface area contributed by atoms with Gasteiger partial charge in [-0.05, 0) is 57.0 Å². The van der Waals surface area contributed by atoms with E-state index in [1.807, 2.05) is 24.0 Å². The zero-order valence-corrected chi connectivity index (χ0v) is 18.9. The van der Waals surface area contributed by atoms with E-state index >= 15 is 0 Å². The van der Waals surface area contributed by atoms with Gasteiger partial charge in [0.05, 0.1) is 11.7 Å². The Morgan fingerprint density at radius 1 is 1.00 bits per heavy atom. The largest absolute Gasteiger partial charge is 0.338 e. The first-order valence-electron chi connectivity index (χ1n) is 10.8. The Balaban J connectivity index is 1.69. The van der Waals surface area contributed by atoms with Crippen LogP contribution in [0.15, 0.2) is 59.7 Å². The minimum atomic E-state index is 0.0338. The van der Waals surface area contributed by atoms with Crippen molar-refractivity contribution in [2.45, 2.75) is 52.2 Å². The van der Waals surface area contributed by atoms with Crippen molar-refractivity contribution in [1.82, 2.24) is 14.5 Å². The molecular weight excluding hydrogens is 388 g/mol. The lowest BCUT2D eigenvalue weighted by atomic mass is 9.92. The third kappa shape index (κ3) is 2.90. The lowest BCUT2D eigenvalue weighted by molar-refractivity contribution is 0.254. The molecule has 4 heterocycles. The quantitative estimate of drug-likeness (QED) is 0.541. The molecule has 5 rings (SSSR count). The van der Waals surface area contributed by atoms with Crippen molar-refractivity contribution in [3.63, 3.8) is 0 Å². The maximum atomic E-state index is 5.20. The van der Waals surface area contributed by atoms with E-state index < -0.39 is 0 Å². The Bertz CT molecular complexity index is 1090. The molecule has 0 saturated carbocycles. The molecule has 0 spiro atoms. The lowest BCUT2D eigenvalue weighted by Crippen LogP contribution is -2.35. The highest BCUT2D eigenvalue weighted by Crippen LogP contribution is 2.50. The first-order valence-corrected chi connectivity index (χ1v) is 11.7. The lowest BCUT2D eigenvalue weighted by Gasteiger charge is -2.32. The van der Waals surface area contributed by atoms with E-state index in [0.717, 1.165) is 17.9 Å². The number of aromatic nitrogens is 2. The molecule has 30 heavy (non-hydrogen) atoms. The van der Waals surface area contributed by atoms with Crippen molar-refractivity contribution in [1.29, 1.82) is 0 Å². The highest BCUT2D eigenvalue weighted by atomic mass is 32.2. The van der Waals surface area contributed by atoms with Gasteiger partial charge in [0.15, 0.2) is 5.17 Å². The predicted octanol–water partition coefficient (Wildman–Crippen LogP) is 5.78. The Labute approximate surface area is 183 Å². The Hall–Kier alpha value is -2.53. The van der Waals surface area contributed by atoms with Gasteiger partial charge >= 0.3 is 0 Å². The summed E-state index contributed by atoms with van der Waals surface area (Å²) >= 11 is 1.90. The van der Waals surface area contributed by atoms with Gasteiger partial charge in [-0.1, -0.05) is 43.0 Å². The van der Waals surface area contributed by atoms with Crippen LogP contribution in [0.3, 0.4) is 0 Å². The fourth-order valence-corrected chi connectivity index (χ4v) is 6.41. The number of rotatable bonds is 4. The molecule has 0 bridgehead atoms. The van der Waals surface area contributed by atoms with Crippen molar-refractivity contribution in [2.24, 2.45) is 4.99 Å². The van der Waals surface area contributed by atoms with Crippen LogP contribution in [0.25, 0.3) is 5.69 Å². The second-order valence-electron chi connectivity index (χ2n) is 8.22. The summed E-state index contributed by atoms with van der Waals surface area (Å²) < 4.78 is 2.41. The van der Waals surface area contributed by atoms with Gasteiger partial charge in [0.1, 0.15) is 6.04 Å². The molecule has 0 unspecified atom stereocenters. The number of amidine groups is 1. The molecule has 1 fully saturated rings. The summed E-state index contributed by atoms with van der Waals surface area (Å²) in [5.74, 6) is 1.12. The molecule has 1 aromatic carbocycles. The Morgan fingerprint density at radius 2 is 1.77 bits per heavy atom. The van der Waals surface area contributed by atoms with Crippen molar-refractivity contribution in [2.75, 3.05) is 5.75 Å². The van der Waals surface area contributed by atoms with E-state index in [1.54, 1.807) is 0 Å². The predicted molar refractivity (Wildman–Crippen MR) is 126 cm³/mol. The third-order valence-electron chi connectivity index (χ3n) is 6.65. The van der Waals surface area contributed by atoms with Gasteiger partial charge in [-0.2, -0.15) is 0 Å². The van der Waals surface area contributed by atoms with Crippen molar-refractivity contribution in [3.8, 4) is 5.69 Å². The fourth-order valence-electron chi connectivity index (χ4n) is 5.07. The third-order valence-corrected chi connectivity index (χ3v) is 7.77. The van der Waals surface area contributed by atoms with Crippen molar-refractivity contribution >= 4 is 16.9 Å². The molecule has 3 aromatic rings. The van der Waals surface area contributed by atoms with Crippen LogP contribution in [0.2, 0.25) is 0 Å². The summed E-state index contributed by atoms with van der Waals surface area (Å²) in [7, 11) is 0. The van der Waals surface area contributed by atoms with Gasteiger partial charge in [0.25, 0.3) is 0 Å². The van der Waals surface area contributed by atoms with E-state index in [2.05, 4.69) is 79.6 Å². The second kappa shape index (κ2) is 7.62. The Morgan fingerprint density at radius 3 is 2.47 bits per heavy atom. The number of hydrogen-bond acceptors (Lipinski definition) is 4. The van der Waals surface area contributed by atoms with E-state index in [1.165, 1.54) is 33.4 Å². The van der Waals surface area contributed by atoms with Crippen LogP contribution in [0.5, 0.6) is 0 Å². The molecule has 2 aliphatic heterocycles. The van der Waals surface area contributed by atoms with Gasteiger partial charge in [-0.25, -0.2) is 0 Å². The molecular formula is C25H28N4S.